The van der Waals surface area contributed by atoms with Crippen LogP contribution in [-0.4, -0.2) is 63.4 Å². The highest BCUT2D eigenvalue weighted by Gasteiger charge is 2.30. The summed E-state index contributed by atoms with van der Waals surface area (Å²) in [5.74, 6) is 0.889. The lowest BCUT2D eigenvalue weighted by Gasteiger charge is -2.33. The van der Waals surface area contributed by atoms with Crippen LogP contribution in [-0.2, 0) is 14.8 Å². The number of thiazole rings is 1. The van der Waals surface area contributed by atoms with Crippen LogP contribution in [0, 0.1) is 0 Å². The quantitative estimate of drug-likeness (QED) is 0.518. The van der Waals surface area contributed by atoms with Gasteiger partial charge in [0.05, 0.1) is 17.7 Å². The van der Waals surface area contributed by atoms with Crippen molar-refractivity contribution in [3.63, 3.8) is 0 Å². The molecule has 0 unspecified atom stereocenters. The van der Waals surface area contributed by atoms with E-state index in [0.29, 0.717) is 39.1 Å². The minimum absolute atomic E-state index is 0.0871. The standard InChI is InChI=1S/C24H26N4O4S2/c1-32-20-8-4-18(5-9-20)22-17-33-24(25-22)26-13-15-27(16-14-26)34(30,31)21-10-6-19(7-11-21)28-12-2-3-23(28)29/h4-11,17H,2-3,12-16H2,1H3. The topological polar surface area (TPSA) is 83.0 Å². The average molecular weight is 499 g/mol. The lowest BCUT2D eigenvalue weighted by molar-refractivity contribution is -0.117. The summed E-state index contributed by atoms with van der Waals surface area (Å²) in [4.78, 5) is 20.8. The van der Waals surface area contributed by atoms with E-state index >= 15 is 0 Å². The molecule has 2 saturated heterocycles. The van der Waals surface area contributed by atoms with E-state index in [0.717, 1.165) is 34.2 Å². The summed E-state index contributed by atoms with van der Waals surface area (Å²) >= 11 is 1.56. The number of hydrogen-bond donors (Lipinski definition) is 0. The molecule has 0 radical (unpaired) electrons. The van der Waals surface area contributed by atoms with Gasteiger partial charge in [-0.15, -0.1) is 11.3 Å². The summed E-state index contributed by atoms with van der Waals surface area (Å²) in [7, 11) is -1.95. The number of piperazine rings is 1. The number of methoxy groups -OCH3 is 1. The molecule has 2 fully saturated rings. The van der Waals surface area contributed by atoms with Crippen molar-refractivity contribution < 1.29 is 17.9 Å². The third kappa shape index (κ3) is 4.40. The number of nitrogens with zero attached hydrogens (tertiary/aromatic N) is 4. The van der Waals surface area contributed by atoms with Crippen LogP contribution in [0.25, 0.3) is 11.3 Å². The highest BCUT2D eigenvalue weighted by molar-refractivity contribution is 7.89. The minimum Gasteiger partial charge on any atom is -0.497 e. The number of amides is 1. The van der Waals surface area contributed by atoms with Crippen molar-refractivity contribution >= 4 is 38.1 Å². The van der Waals surface area contributed by atoms with Crippen molar-refractivity contribution in [2.45, 2.75) is 17.7 Å². The molecule has 0 spiro atoms. The van der Waals surface area contributed by atoms with Crippen molar-refractivity contribution in [2.24, 2.45) is 0 Å². The summed E-state index contributed by atoms with van der Waals surface area (Å²) in [6.45, 7) is 2.63. The molecule has 178 valence electrons. The van der Waals surface area contributed by atoms with Gasteiger partial charge in [-0.1, -0.05) is 0 Å². The summed E-state index contributed by atoms with van der Waals surface area (Å²) in [6, 6.07) is 14.4. The monoisotopic (exact) mass is 498 g/mol. The SMILES string of the molecule is COc1ccc(-c2csc(N3CCN(S(=O)(=O)c4ccc(N5CCCC5=O)cc4)CC3)n2)cc1. The molecule has 2 aliphatic heterocycles. The average Bonchev–Trinajstić information content (AvgIpc) is 3.54. The van der Waals surface area contributed by atoms with Crippen molar-refractivity contribution in [1.82, 2.24) is 9.29 Å². The first-order valence-corrected chi connectivity index (χ1v) is 13.5. The van der Waals surface area contributed by atoms with Crippen molar-refractivity contribution in [3.8, 4) is 17.0 Å². The molecule has 10 heteroatoms. The van der Waals surface area contributed by atoms with Crippen molar-refractivity contribution in [3.05, 3.63) is 53.9 Å². The molecule has 5 rings (SSSR count). The minimum atomic E-state index is -3.59. The van der Waals surface area contributed by atoms with E-state index in [-0.39, 0.29) is 10.8 Å². The largest absolute Gasteiger partial charge is 0.497 e. The Bertz CT molecular complexity index is 1270. The van der Waals surface area contributed by atoms with Gasteiger partial charge in [-0.3, -0.25) is 4.79 Å². The predicted octanol–water partition coefficient (Wildman–Crippen LogP) is 3.46. The normalized spacial score (nSPS) is 17.4. The first-order valence-electron chi connectivity index (χ1n) is 11.2. The Morgan fingerprint density at radius 1 is 0.941 bits per heavy atom. The second-order valence-electron chi connectivity index (χ2n) is 8.28. The van der Waals surface area contributed by atoms with Crippen molar-refractivity contribution in [2.75, 3.05) is 49.6 Å². The van der Waals surface area contributed by atoms with Gasteiger partial charge < -0.3 is 14.5 Å². The summed E-state index contributed by atoms with van der Waals surface area (Å²) in [6.07, 6.45) is 1.38. The first-order chi connectivity index (χ1) is 16.5. The molecule has 8 nitrogen and oxygen atoms in total. The first kappa shape index (κ1) is 22.8. The molecule has 0 N–H and O–H groups in total. The lowest BCUT2D eigenvalue weighted by atomic mass is 10.2. The van der Waals surface area contributed by atoms with E-state index in [2.05, 4.69) is 4.90 Å². The highest BCUT2D eigenvalue weighted by atomic mass is 32.2. The molecule has 1 aromatic heterocycles. The smallest absolute Gasteiger partial charge is 0.243 e. The second kappa shape index (κ2) is 9.36. The Balaban J connectivity index is 1.23. The number of carbonyl (C=O) groups is 1. The Labute approximate surface area is 203 Å². The van der Waals surface area contributed by atoms with Gasteiger partial charge in [0.15, 0.2) is 5.13 Å². The Kier molecular flexibility index (Phi) is 6.28. The van der Waals surface area contributed by atoms with Gasteiger partial charge in [-0.2, -0.15) is 4.31 Å². The zero-order valence-electron chi connectivity index (χ0n) is 18.9. The molecule has 3 heterocycles. The number of ether oxygens (including phenoxy) is 1. The molecule has 34 heavy (non-hydrogen) atoms. The molecular formula is C24H26N4O4S2. The number of rotatable bonds is 6. The molecule has 0 bridgehead atoms. The van der Waals surface area contributed by atoms with Gasteiger partial charge in [0, 0.05) is 55.8 Å². The van der Waals surface area contributed by atoms with Crippen LogP contribution in [0.1, 0.15) is 12.8 Å². The highest BCUT2D eigenvalue weighted by Crippen LogP contribution is 2.30. The predicted molar refractivity (Wildman–Crippen MR) is 133 cm³/mol. The van der Waals surface area contributed by atoms with Crippen LogP contribution in [0.2, 0.25) is 0 Å². The zero-order chi connectivity index (χ0) is 23.7. The van der Waals surface area contributed by atoms with Crippen LogP contribution >= 0.6 is 11.3 Å². The van der Waals surface area contributed by atoms with Crippen LogP contribution in [0.4, 0.5) is 10.8 Å². The second-order valence-corrected chi connectivity index (χ2v) is 11.1. The summed E-state index contributed by atoms with van der Waals surface area (Å²) in [5.41, 5.74) is 2.67. The number of aromatic nitrogens is 1. The molecule has 1 amide bonds. The van der Waals surface area contributed by atoms with E-state index in [1.54, 1.807) is 47.6 Å². The number of benzene rings is 2. The molecule has 2 aliphatic rings. The maximum atomic E-state index is 13.2. The third-order valence-electron chi connectivity index (χ3n) is 6.25. The van der Waals surface area contributed by atoms with E-state index < -0.39 is 10.0 Å². The van der Waals surface area contributed by atoms with Gasteiger partial charge in [-0.25, -0.2) is 13.4 Å². The molecular weight excluding hydrogens is 472 g/mol. The molecule has 0 saturated carbocycles. The van der Waals surface area contributed by atoms with Crippen LogP contribution < -0.4 is 14.5 Å². The Hall–Kier alpha value is -2.95. The fourth-order valence-electron chi connectivity index (χ4n) is 4.29. The fourth-order valence-corrected chi connectivity index (χ4v) is 6.60. The van der Waals surface area contributed by atoms with Gasteiger partial charge >= 0.3 is 0 Å². The van der Waals surface area contributed by atoms with Crippen LogP contribution in [0.3, 0.4) is 0 Å². The Morgan fingerprint density at radius 2 is 1.65 bits per heavy atom. The van der Waals surface area contributed by atoms with Crippen molar-refractivity contribution in [1.29, 1.82) is 0 Å². The number of hydrogen-bond acceptors (Lipinski definition) is 7. The van der Waals surface area contributed by atoms with Gasteiger partial charge in [0.25, 0.3) is 0 Å². The van der Waals surface area contributed by atoms with Gasteiger partial charge in [0.1, 0.15) is 5.75 Å². The third-order valence-corrected chi connectivity index (χ3v) is 9.06. The summed E-state index contributed by atoms with van der Waals surface area (Å²) < 4.78 is 33.1. The maximum Gasteiger partial charge on any atom is 0.243 e. The van der Waals surface area contributed by atoms with Gasteiger partial charge in [-0.05, 0) is 55.0 Å². The van der Waals surface area contributed by atoms with E-state index in [9.17, 15) is 13.2 Å². The lowest BCUT2D eigenvalue weighted by Crippen LogP contribution is -2.48. The number of sulfonamides is 1. The molecule has 0 aliphatic carbocycles. The molecule has 0 atom stereocenters. The fraction of sp³-hybridized carbons (Fsp3) is 0.333. The summed E-state index contributed by atoms with van der Waals surface area (Å²) in [5, 5.41) is 2.91. The number of carbonyl (C=O) groups excluding carboxylic acids is 1. The molecule has 2 aromatic carbocycles. The zero-order valence-corrected chi connectivity index (χ0v) is 20.5. The Morgan fingerprint density at radius 3 is 2.26 bits per heavy atom. The van der Waals surface area contributed by atoms with Gasteiger partial charge in [0.2, 0.25) is 15.9 Å². The van der Waals surface area contributed by atoms with E-state index in [4.69, 9.17) is 9.72 Å². The van der Waals surface area contributed by atoms with E-state index in [1.807, 2.05) is 29.6 Å². The molecule has 3 aromatic rings. The number of anilines is 2. The van der Waals surface area contributed by atoms with Crippen LogP contribution in [0.5, 0.6) is 5.75 Å². The van der Waals surface area contributed by atoms with E-state index in [1.165, 1.54) is 4.31 Å². The van der Waals surface area contributed by atoms with Crippen LogP contribution in [0.15, 0.2) is 58.8 Å². The maximum absolute atomic E-state index is 13.2.